The number of hydrogen-bond acceptors (Lipinski definition) is 5. The van der Waals surface area contributed by atoms with Crippen molar-refractivity contribution in [3.63, 3.8) is 0 Å². The number of amides is 1. The summed E-state index contributed by atoms with van der Waals surface area (Å²) in [7, 11) is 2.92. The van der Waals surface area contributed by atoms with Crippen molar-refractivity contribution in [2.75, 3.05) is 11.4 Å². The minimum absolute atomic E-state index is 0.0506. The first-order valence-electron chi connectivity index (χ1n) is 8.93. The summed E-state index contributed by atoms with van der Waals surface area (Å²) in [5, 5.41) is 0. The van der Waals surface area contributed by atoms with E-state index < -0.39 is 11.2 Å². The molecule has 0 spiro atoms. The molecule has 4 rings (SSSR count). The number of imidazole rings is 1. The van der Waals surface area contributed by atoms with Crippen LogP contribution >= 0.6 is 0 Å². The van der Waals surface area contributed by atoms with Crippen molar-refractivity contribution in [2.24, 2.45) is 14.1 Å². The standard InChI is InChI=1S/C19H19N5O4/c1-21-17-16(18(27)22(2)19(21)28)23(11-20-17)10-14(25)12-5-3-6-13(9-12)24-8-4-7-15(24)26/h3,5-6,9,11H,4,7-8,10H2,1-2H3. The number of benzene rings is 1. The summed E-state index contributed by atoms with van der Waals surface area (Å²) in [6.07, 6.45) is 2.71. The number of aryl methyl sites for hydroxylation is 1. The van der Waals surface area contributed by atoms with Crippen molar-refractivity contribution in [3.05, 3.63) is 57.0 Å². The predicted molar refractivity (Wildman–Crippen MR) is 103 cm³/mol. The largest absolute Gasteiger partial charge is 0.332 e. The molecule has 3 heterocycles. The molecule has 28 heavy (non-hydrogen) atoms. The molecule has 1 aliphatic rings. The maximum atomic E-state index is 12.8. The number of carbonyl (C=O) groups is 2. The smallest absolute Gasteiger partial charge is 0.317 e. The van der Waals surface area contributed by atoms with E-state index in [1.165, 1.54) is 29.6 Å². The van der Waals surface area contributed by atoms with E-state index in [1.54, 1.807) is 29.2 Å². The minimum atomic E-state index is -0.500. The van der Waals surface area contributed by atoms with E-state index in [9.17, 15) is 19.2 Å². The van der Waals surface area contributed by atoms with E-state index in [4.69, 9.17) is 0 Å². The summed E-state index contributed by atoms with van der Waals surface area (Å²) in [4.78, 5) is 55.1. The van der Waals surface area contributed by atoms with Gasteiger partial charge in [0.25, 0.3) is 5.56 Å². The lowest BCUT2D eigenvalue weighted by Crippen LogP contribution is -2.37. The number of fused-ring (bicyclic) bond motifs is 1. The average molecular weight is 381 g/mol. The Morgan fingerprint density at radius 3 is 2.64 bits per heavy atom. The molecule has 0 N–H and O–H groups in total. The number of hydrogen-bond donors (Lipinski definition) is 0. The molecular weight excluding hydrogens is 362 g/mol. The van der Waals surface area contributed by atoms with Crippen molar-refractivity contribution in [1.82, 2.24) is 18.7 Å². The van der Waals surface area contributed by atoms with Gasteiger partial charge in [-0.05, 0) is 18.6 Å². The molecule has 1 aliphatic heterocycles. The van der Waals surface area contributed by atoms with E-state index in [-0.39, 0.29) is 29.4 Å². The topological polar surface area (TPSA) is 99.2 Å². The molecule has 3 aromatic rings. The average Bonchev–Trinajstić information content (AvgIpc) is 3.31. The Bertz CT molecular complexity index is 1230. The third kappa shape index (κ3) is 2.75. The molecule has 0 saturated carbocycles. The Kier molecular flexibility index (Phi) is 4.21. The maximum Gasteiger partial charge on any atom is 0.332 e. The van der Waals surface area contributed by atoms with Crippen molar-refractivity contribution in [2.45, 2.75) is 19.4 Å². The molecule has 0 unspecified atom stereocenters. The highest BCUT2D eigenvalue weighted by molar-refractivity contribution is 6.00. The lowest BCUT2D eigenvalue weighted by atomic mass is 10.1. The third-order valence-corrected chi connectivity index (χ3v) is 5.08. The van der Waals surface area contributed by atoms with Gasteiger partial charge in [-0.2, -0.15) is 0 Å². The summed E-state index contributed by atoms with van der Waals surface area (Å²) < 4.78 is 3.72. The van der Waals surface area contributed by atoms with Crippen molar-refractivity contribution < 1.29 is 9.59 Å². The molecule has 9 heteroatoms. The van der Waals surface area contributed by atoms with Gasteiger partial charge in [-0.25, -0.2) is 9.78 Å². The van der Waals surface area contributed by atoms with Crippen LogP contribution in [0.3, 0.4) is 0 Å². The number of aromatic nitrogens is 4. The van der Waals surface area contributed by atoms with E-state index in [2.05, 4.69) is 4.98 Å². The molecule has 0 atom stereocenters. The normalized spacial score (nSPS) is 14.2. The molecule has 1 aromatic carbocycles. The number of ketones is 1. The van der Waals surface area contributed by atoms with Gasteiger partial charge in [0, 0.05) is 38.3 Å². The third-order valence-electron chi connectivity index (χ3n) is 5.08. The first kappa shape index (κ1) is 17.9. The number of nitrogens with zero attached hydrogens (tertiary/aromatic N) is 5. The Balaban J connectivity index is 1.69. The van der Waals surface area contributed by atoms with Gasteiger partial charge in [-0.1, -0.05) is 12.1 Å². The van der Waals surface area contributed by atoms with Crippen LogP contribution in [-0.2, 0) is 25.4 Å². The van der Waals surface area contributed by atoms with Crippen molar-refractivity contribution in [1.29, 1.82) is 0 Å². The zero-order valence-electron chi connectivity index (χ0n) is 15.6. The summed E-state index contributed by atoms with van der Waals surface area (Å²) in [5.74, 6) is -0.168. The predicted octanol–water partition coefficient (Wildman–Crippen LogP) is 0.443. The van der Waals surface area contributed by atoms with Gasteiger partial charge in [0.2, 0.25) is 5.91 Å². The van der Waals surface area contributed by atoms with Crippen LogP contribution in [0, 0.1) is 0 Å². The van der Waals surface area contributed by atoms with E-state index in [1.807, 2.05) is 0 Å². The second-order valence-electron chi connectivity index (χ2n) is 6.87. The molecule has 2 aromatic heterocycles. The van der Waals surface area contributed by atoms with Crippen LogP contribution in [0.15, 0.2) is 40.2 Å². The van der Waals surface area contributed by atoms with E-state index >= 15 is 0 Å². The summed E-state index contributed by atoms with van der Waals surface area (Å²) in [6.45, 7) is 0.550. The van der Waals surface area contributed by atoms with Gasteiger partial charge in [-0.3, -0.25) is 23.5 Å². The Morgan fingerprint density at radius 2 is 1.93 bits per heavy atom. The minimum Gasteiger partial charge on any atom is -0.317 e. The first-order valence-corrected chi connectivity index (χ1v) is 8.93. The second kappa shape index (κ2) is 6.59. The Morgan fingerprint density at radius 1 is 1.14 bits per heavy atom. The number of anilines is 1. The summed E-state index contributed by atoms with van der Waals surface area (Å²) >= 11 is 0. The fraction of sp³-hybridized carbons (Fsp3) is 0.316. The van der Waals surface area contributed by atoms with Gasteiger partial charge >= 0.3 is 5.69 Å². The first-order chi connectivity index (χ1) is 13.4. The van der Waals surface area contributed by atoms with Crippen LogP contribution in [0.2, 0.25) is 0 Å². The van der Waals surface area contributed by atoms with Crippen molar-refractivity contribution in [3.8, 4) is 0 Å². The molecule has 1 fully saturated rings. The second-order valence-corrected chi connectivity index (χ2v) is 6.87. The van der Waals surface area contributed by atoms with E-state index in [0.717, 1.165) is 11.0 Å². The van der Waals surface area contributed by atoms with Crippen LogP contribution in [0.25, 0.3) is 11.2 Å². The molecule has 1 amide bonds. The lowest BCUT2D eigenvalue weighted by Gasteiger charge is -2.16. The maximum absolute atomic E-state index is 12.8. The number of Topliss-reactive ketones (excluding diaryl/α,β-unsaturated/α-hetero) is 1. The molecule has 0 radical (unpaired) electrons. The van der Waals surface area contributed by atoms with Gasteiger partial charge < -0.3 is 9.47 Å². The van der Waals surface area contributed by atoms with Crippen LogP contribution in [0.4, 0.5) is 5.69 Å². The van der Waals surface area contributed by atoms with Crippen molar-refractivity contribution >= 4 is 28.5 Å². The molecular formula is C19H19N5O4. The molecule has 9 nitrogen and oxygen atoms in total. The van der Waals surface area contributed by atoms with Gasteiger partial charge in [0.05, 0.1) is 12.9 Å². The van der Waals surface area contributed by atoms with Crippen LogP contribution < -0.4 is 16.1 Å². The monoisotopic (exact) mass is 381 g/mol. The Hall–Kier alpha value is -3.49. The Labute approximate surface area is 159 Å². The zero-order valence-corrected chi connectivity index (χ0v) is 15.6. The fourth-order valence-electron chi connectivity index (χ4n) is 3.53. The SMILES string of the molecule is Cn1c(=O)c2c(ncn2CC(=O)c2cccc(N3CCCC3=O)c2)n(C)c1=O. The fourth-order valence-corrected chi connectivity index (χ4v) is 3.53. The van der Waals surface area contributed by atoms with Crippen LogP contribution in [-0.4, -0.2) is 36.9 Å². The van der Waals surface area contributed by atoms with Gasteiger partial charge in [0.1, 0.15) is 0 Å². The molecule has 0 bridgehead atoms. The van der Waals surface area contributed by atoms with Crippen LogP contribution in [0.1, 0.15) is 23.2 Å². The number of carbonyl (C=O) groups excluding carboxylic acids is 2. The van der Waals surface area contributed by atoms with Crippen LogP contribution in [0.5, 0.6) is 0 Å². The quantitative estimate of drug-likeness (QED) is 0.611. The van der Waals surface area contributed by atoms with Gasteiger partial charge in [-0.15, -0.1) is 0 Å². The molecule has 1 saturated heterocycles. The molecule has 0 aliphatic carbocycles. The number of rotatable bonds is 4. The summed E-state index contributed by atoms with van der Waals surface area (Å²) in [5.41, 5.74) is 0.598. The highest BCUT2D eigenvalue weighted by atomic mass is 16.2. The molecule has 144 valence electrons. The highest BCUT2D eigenvalue weighted by Gasteiger charge is 2.22. The van der Waals surface area contributed by atoms with E-state index in [0.29, 0.717) is 24.2 Å². The summed E-state index contributed by atoms with van der Waals surface area (Å²) in [6, 6.07) is 6.92. The van der Waals surface area contributed by atoms with Gasteiger partial charge in [0.15, 0.2) is 16.9 Å². The lowest BCUT2D eigenvalue weighted by molar-refractivity contribution is -0.117. The highest BCUT2D eigenvalue weighted by Crippen LogP contribution is 2.22. The zero-order chi connectivity index (χ0) is 20.0.